The zero-order chi connectivity index (χ0) is 16.0. The van der Waals surface area contributed by atoms with Crippen molar-refractivity contribution in [3.63, 3.8) is 0 Å². The molecular formula is C16H20N6O. The Bertz CT molecular complexity index is 851. The summed E-state index contributed by atoms with van der Waals surface area (Å²) >= 11 is 0. The highest BCUT2D eigenvalue weighted by Gasteiger charge is 2.30. The fourth-order valence-electron chi connectivity index (χ4n) is 3.36. The van der Waals surface area contributed by atoms with E-state index in [9.17, 15) is 0 Å². The molecular weight excluding hydrogens is 292 g/mol. The maximum Gasteiger partial charge on any atom is 0.234 e. The minimum Gasteiger partial charge on any atom is -0.340 e. The number of rotatable bonds is 3. The van der Waals surface area contributed by atoms with Gasteiger partial charge in [0.2, 0.25) is 11.7 Å². The van der Waals surface area contributed by atoms with Crippen molar-refractivity contribution >= 4 is 5.78 Å². The maximum atomic E-state index is 5.13. The topological polar surface area (TPSA) is 72.3 Å². The molecule has 0 N–H and O–H groups in total. The van der Waals surface area contributed by atoms with Gasteiger partial charge in [-0.15, -0.1) is 0 Å². The zero-order valence-electron chi connectivity index (χ0n) is 13.7. The molecule has 120 valence electrons. The number of hydrogen-bond donors (Lipinski definition) is 0. The molecule has 0 bridgehead atoms. The molecule has 4 heterocycles. The van der Waals surface area contributed by atoms with Crippen molar-refractivity contribution in [1.82, 2.24) is 29.4 Å². The summed E-state index contributed by atoms with van der Waals surface area (Å²) in [4.78, 5) is 15.9. The van der Waals surface area contributed by atoms with Crippen molar-refractivity contribution in [1.29, 1.82) is 0 Å². The molecule has 1 aliphatic heterocycles. The molecule has 23 heavy (non-hydrogen) atoms. The molecule has 3 aromatic heterocycles. The number of hydrogen-bond acceptors (Lipinski definition) is 6. The van der Waals surface area contributed by atoms with Crippen LogP contribution in [0.25, 0.3) is 5.78 Å². The smallest absolute Gasteiger partial charge is 0.234 e. The Morgan fingerprint density at radius 2 is 2.09 bits per heavy atom. The second-order valence-electron chi connectivity index (χ2n) is 6.24. The number of nitrogens with zero attached hydrogens (tertiary/aromatic N) is 6. The lowest BCUT2D eigenvalue weighted by Crippen LogP contribution is -2.23. The molecule has 0 saturated carbocycles. The van der Waals surface area contributed by atoms with E-state index in [1.807, 2.05) is 18.2 Å². The molecule has 0 aliphatic carbocycles. The monoisotopic (exact) mass is 312 g/mol. The van der Waals surface area contributed by atoms with Gasteiger partial charge in [0.1, 0.15) is 0 Å². The Balaban J connectivity index is 1.61. The molecule has 0 radical (unpaired) electrons. The van der Waals surface area contributed by atoms with Crippen LogP contribution in [0.5, 0.6) is 0 Å². The third-order valence-electron chi connectivity index (χ3n) is 4.38. The number of aryl methyl sites for hydroxylation is 3. The minimum atomic E-state index is 0.216. The van der Waals surface area contributed by atoms with E-state index in [0.29, 0.717) is 5.89 Å². The van der Waals surface area contributed by atoms with Crippen molar-refractivity contribution in [2.45, 2.75) is 46.2 Å². The fraction of sp³-hybridized carbons (Fsp3) is 0.500. The number of likely N-dealkylation sites (tertiary alicyclic amines) is 1. The normalized spacial score (nSPS) is 19.0. The van der Waals surface area contributed by atoms with Gasteiger partial charge in [-0.3, -0.25) is 9.30 Å². The van der Waals surface area contributed by atoms with E-state index in [-0.39, 0.29) is 6.04 Å². The first-order chi connectivity index (χ1) is 11.1. The highest BCUT2D eigenvalue weighted by Crippen LogP contribution is 2.31. The van der Waals surface area contributed by atoms with E-state index >= 15 is 0 Å². The maximum absolute atomic E-state index is 5.13. The van der Waals surface area contributed by atoms with Crippen LogP contribution in [-0.4, -0.2) is 36.0 Å². The largest absolute Gasteiger partial charge is 0.340 e. The van der Waals surface area contributed by atoms with Crippen LogP contribution in [0.15, 0.2) is 16.8 Å². The van der Waals surface area contributed by atoms with Crippen LogP contribution in [-0.2, 0) is 6.54 Å². The summed E-state index contributed by atoms with van der Waals surface area (Å²) in [5.41, 5.74) is 3.17. The van der Waals surface area contributed by atoms with Gasteiger partial charge in [0.05, 0.1) is 11.7 Å². The third-order valence-corrected chi connectivity index (χ3v) is 4.38. The van der Waals surface area contributed by atoms with E-state index in [4.69, 9.17) is 4.52 Å². The molecule has 1 saturated heterocycles. The highest BCUT2D eigenvalue weighted by molar-refractivity contribution is 5.34. The van der Waals surface area contributed by atoms with Gasteiger partial charge in [-0.25, -0.2) is 9.97 Å². The van der Waals surface area contributed by atoms with E-state index in [1.165, 1.54) is 0 Å². The first-order valence-corrected chi connectivity index (χ1v) is 7.96. The lowest BCUT2D eigenvalue weighted by molar-refractivity contribution is 0.232. The first kappa shape index (κ1) is 14.3. The van der Waals surface area contributed by atoms with Gasteiger partial charge in [-0.1, -0.05) is 5.16 Å². The van der Waals surface area contributed by atoms with Crippen LogP contribution in [0.4, 0.5) is 0 Å². The van der Waals surface area contributed by atoms with Crippen LogP contribution in [0.1, 0.15) is 47.7 Å². The fourth-order valence-corrected chi connectivity index (χ4v) is 3.36. The molecule has 0 spiro atoms. The summed E-state index contributed by atoms with van der Waals surface area (Å²) in [6.07, 6.45) is 4.28. The lowest BCUT2D eigenvalue weighted by Gasteiger charge is -2.20. The van der Waals surface area contributed by atoms with Crippen LogP contribution in [0.2, 0.25) is 0 Å². The Morgan fingerprint density at radius 1 is 1.22 bits per heavy atom. The SMILES string of the molecule is Cc1cc(C)n2cc(CN3CCC[C@H]3c3noc(C)n3)nc2n1. The van der Waals surface area contributed by atoms with Crippen LogP contribution in [0.3, 0.4) is 0 Å². The molecule has 1 aliphatic rings. The lowest BCUT2D eigenvalue weighted by atomic mass is 10.2. The van der Waals surface area contributed by atoms with E-state index in [1.54, 1.807) is 0 Å². The molecule has 0 aromatic carbocycles. The Hall–Kier alpha value is -2.28. The average Bonchev–Trinajstić information content (AvgIpc) is 3.18. The molecule has 1 atom stereocenters. The van der Waals surface area contributed by atoms with Gasteiger partial charge in [0, 0.05) is 31.1 Å². The summed E-state index contributed by atoms with van der Waals surface area (Å²) in [7, 11) is 0. The van der Waals surface area contributed by atoms with Gasteiger partial charge < -0.3 is 4.52 Å². The van der Waals surface area contributed by atoms with E-state index < -0.39 is 0 Å². The van der Waals surface area contributed by atoms with Gasteiger partial charge in [0.25, 0.3) is 0 Å². The Morgan fingerprint density at radius 3 is 2.87 bits per heavy atom. The second kappa shape index (κ2) is 5.42. The van der Waals surface area contributed by atoms with Crippen molar-refractivity contribution in [2.24, 2.45) is 0 Å². The summed E-state index contributed by atoms with van der Waals surface area (Å²) < 4.78 is 7.18. The molecule has 3 aromatic rings. The summed E-state index contributed by atoms with van der Waals surface area (Å²) in [5, 5.41) is 4.09. The first-order valence-electron chi connectivity index (χ1n) is 7.96. The van der Waals surface area contributed by atoms with Crippen LogP contribution in [0, 0.1) is 20.8 Å². The van der Waals surface area contributed by atoms with Crippen LogP contribution >= 0.6 is 0 Å². The molecule has 0 amide bonds. The van der Waals surface area contributed by atoms with Crippen molar-refractivity contribution in [3.8, 4) is 0 Å². The second-order valence-corrected chi connectivity index (χ2v) is 6.24. The molecule has 7 heteroatoms. The summed E-state index contributed by atoms with van der Waals surface area (Å²) in [6.45, 7) is 7.71. The van der Waals surface area contributed by atoms with Crippen molar-refractivity contribution in [2.75, 3.05) is 6.54 Å². The standard InChI is InChI=1S/C16H20N6O/c1-10-7-11(2)22-9-13(19-16(22)17-10)8-21-6-4-5-14(21)15-18-12(3)23-20-15/h7,9,14H,4-6,8H2,1-3H3/t14-/m0/s1. The predicted octanol–water partition coefficient (Wildman–Crippen LogP) is 2.37. The van der Waals surface area contributed by atoms with E-state index in [0.717, 1.165) is 54.6 Å². The third kappa shape index (κ3) is 2.61. The minimum absolute atomic E-state index is 0.216. The molecule has 0 unspecified atom stereocenters. The number of aromatic nitrogens is 5. The van der Waals surface area contributed by atoms with E-state index in [2.05, 4.69) is 44.2 Å². The van der Waals surface area contributed by atoms with Crippen LogP contribution < -0.4 is 0 Å². The quantitative estimate of drug-likeness (QED) is 0.739. The molecule has 1 fully saturated rings. The Kier molecular flexibility index (Phi) is 3.37. The zero-order valence-corrected chi connectivity index (χ0v) is 13.7. The van der Waals surface area contributed by atoms with Crippen molar-refractivity contribution < 1.29 is 4.52 Å². The van der Waals surface area contributed by atoms with Gasteiger partial charge in [0.15, 0.2) is 5.82 Å². The molecule has 7 nitrogen and oxygen atoms in total. The van der Waals surface area contributed by atoms with Crippen molar-refractivity contribution in [3.05, 3.63) is 41.1 Å². The Labute approximate surface area is 134 Å². The predicted molar refractivity (Wildman–Crippen MR) is 83.9 cm³/mol. The van der Waals surface area contributed by atoms with Gasteiger partial charge in [-0.2, -0.15) is 4.98 Å². The number of imidazole rings is 1. The van der Waals surface area contributed by atoms with Gasteiger partial charge in [-0.05, 0) is 39.3 Å². The summed E-state index contributed by atoms with van der Waals surface area (Å²) in [6, 6.07) is 2.28. The highest BCUT2D eigenvalue weighted by atomic mass is 16.5. The molecule has 4 rings (SSSR count). The number of fused-ring (bicyclic) bond motifs is 1. The average molecular weight is 312 g/mol. The van der Waals surface area contributed by atoms with Gasteiger partial charge >= 0.3 is 0 Å². The summed E-state index contributed by atoms with van der Waals surface area (Å²) in [5.74, 6) is 2.17.